The molecule has 0 radical (unpaired) electrons. The molecule has 1 N–H and O–H groups in total. The van der Waals surface area contributed by atoms with Crippen LogP contribution in [0.25, 0.3) is 0 Å². The van der Waals surface area contributed by atoms with E-state index in [2.05, 4.69) is 5.32 Å². The second-order valence-electron chi connectivity index (χ2n) is 4.84. The topological polar surface area (TPSA) is 52.9 Å². The Kier molecular flexibility index (Phi) is 4.43. The minimum atomic E-state index is -0.469. The summed E-state index contributed by atoms with van der Waals surface area (Å²) in [5, 5.41) is 11.3. The number of nitriles is 1. The summed E-state index contributed by atoms with van der Waals surface area (Å²) in [5.74, 6) is -0.572. The third-order valence-electron chi connectivity index (χ3n) is 3.12. The fraction of sp³-hybridized carbons (Fsp3) is 0.429. The Morgan fingerprint density at radius 3 is 2.67 bits per heavy atom. The average molecular weight is 248 g/mol. The number of carbonyl (C=O) groups excluding carboxylic acids is 1. The molecule has 96 valence electrons. The van der Waals surface area contributed by atoms with Crippen LogP contribution in [-0.2, 0) is 11.3 Å². The van der Waals surface area contributed by atoms with Gasteiger partial charge in [-0.2, -0.15) is 5.26 Å². The van der Waals surface area contributed by atoms with Crippen molar-refractivity contribution in [3.63, 3.8) is 0 Å². The van der Waals surface area contributed by atoms with E-state index in [1.54, 1.807) is 0 Å². The van der Waals surface area contributed by atoms with Gasteiger partial charge in [-0.3, -0.25) is 4.79 Å². The van der Waals surface area contributed by atoms with Crippen molar-refractivity contribution in [2.45, 2.75) is 33.7 Å². The number of hydrogen-bond donors (Lipinski definition) is 1. The molecule has 0 aromatic heterocycles. The molecule has 3 nitrogen and oxygen atoms in total. The monoisotopic (exact) mass is 248 g/mol. The molecule has 1 rings (SSSR count). The van der Waals surface area contributed by atoms with Gasteiger partial charge in [0.15, 0.2) is 0 Å². The molecule has 4 heteroatoms. The fourth-order valence-electron chi connectivity index (χ4n) is 1.34. The van der Waals surface area contributed by atoms with E-state index in [1.165, 1.54) is 18.2 Å². The molecule has 1 amide bonds. The van der Waals surface area contributed by atoms with Crippen LogP contribution in [0.15, 0.2) is 18.2 Å². The molecule has 0 bridgehead atoms. The van der Waals surface area contributed by atoms with Gasteiger partial charge in [-0.25, -0.2) is 4.39 Å². The molecule has 0 saturated heterocycles. The summed E-state index contributed by atoms with van der Waals surface area (Å²) in [6, 6.07) is 6.10. The van der Waals surface area contributed by atoms with Crippen LogP contribution in [0.4, 0.5) is 4.39 Å². The molecule has 18 heavy (non-hydrogen) atoms. The first-order valence-corrected chi connectivity index (χ1v) is 5.87. The predicted octanol–water partition coefficient (Wildman–Crippen LogP) is 2.75. The lowest BCUT2D eigenvalue weighted by molar-refractivity contribution is -0.129. The van der Waals surface area contributed by atoms with Crippen LogP contribution in [0.5, 0.6) is 0 Å². The van der Waals surface area contributed by atoms with Gasteiger partial charge in [0.25, 0.3) is 0 Å². The van der Waals surface area contributed by atoms with E-state index in [1.807, 2.05) is 26.8 Å². The number of nitrogens with zero attached hydrogens (tertiary/aromatic N) is 1. The molecular weight excluding hydrogens is 231 g/mol. The lowest BCUT2D eigenvalue weighted by atomic mass is 9.89. The predicted molar refractivity (Wildman–Crippen MR) is 67.0 cm³/mol. The highest BCUT2D eigenvalue weighted by Gasteiger charge is 2.24. The van der Waals surface area contributed by atoms with E-state index in [0.29, 0.717) is 12.0 Å². The second-order valence-corrected chi connectivity index (χ2v) is 4.84. The van der Waals surface area contributed by atoms with E-state index >= 15 is 0 Å². The van der Waals surface area contributed by atoms with Crippen LogP contribution < -0.4 is 5.32 Å². The lowest BCUT2D eigenvalue weighted by Gasteiger charge is -2.21. The quantitative estimate of drug-likeness (QED) is 0.890. The number of nitrogens with one attached hydrogen (secondary N) is 1. The van der Waals surface area contributed by atoms with Crippen molar-refractivity contribution in [3.8, 4) is 6.07 Å². The second kappa shape index (κ2) is 5.63. The van der Waals surface area contributed by atoms with Crippen molar-refractivity contribution < 1.29 is 9.18 Å². The summed E-state index contributed by atoms with van der Waals surface area (Å²) >= 11 is 0. The van der Waals surface area contributed by atoms with Crippen LogP contribution in [0.3, 0.4) is 0 Å². The van der Waals surface area contributed by atoms with E-state index in [0.717, 1.165) is 0 Å². The lowest BCUT2D eigenvalue weighted by Crippen LogP contribution is -2.36. The zero-order chi connectivity index (χ0) is 13.8. The molecule has 0 aliphatic rings. The molecule has 0 spiro atoms. The van der Waals surface area contributed by atoms with Crippen LogP contribution in [0, 0.1) is 22.6 Å². The van der Waals surface area contributed by atoms with Gasteiger partial charge in [0.2, 0.25) is 5.91 Å². The van der Waals surface area contributed by atoms with Gasteiger partial charge in [-0.05, 0) is 18.6 Å². The molecule has 0 aliphatic carbocycles. The summed E-state index contributed by atoms with van der Waals surface area (Å²) in [5.41, 5.74) is 0.203. The maximum absolute atomic E-state index is 13.6. The van der Waals surface area contributed by atoms with Gasteiger partial charge >= 0.3 is 0 Å². The van der Waals surface area contributed by atoms with Crippen molar-refractivity contribution in [1.82, 2.24) is 5.32 Å². The zero-order valence-electron chi connectivity index (χ0n) is 10.9. The third-order valence-corrected chi connectivity index (χ3v) is 3.12. The number of amides is 1. The summed E-state index contributed by atoms with van der Waals surface area (Å²) in [6.07, 6.45) is 0.717. The Hall–Kier alpha value is -1.89. The third kappa shape index (κ3) is 3.30. The highest BCUT2D eigenvalue weighted by Crippen LogP contribution is 2.20. The SMILES string of the molecule is CCC(C)(C)C(=O)NCc1ccc(C#N)cc1F. The van der Waals surface area contributed by atoms with Crippen LogP contribution in [-0.4, -0.2) is 5.91 Å². The first kappa shape index (κ1) is 14.2. The molecule has 1 aromatic rings. The fourth-order valence-corrected chi connectivity index (χ4v) is 1.34. The van der Waals surface area contributed by atoms with Crippen molar-refractivity contribution in [3.05, 3.63) is 35.1 Å². The van der Waals surface area contributed by atoms with Crippen LogP contribution >= 0.6 is 0 Å². The maximum Gasteiger partial charge on any atom is 0.225 e. The minimum absolute atomic E-state index is 0.103. The average Bonchev–Trinajstić information content (AvgIpc) is 2.36. The standard InChI is InChI=1S/C14H17FN2O/c1-4-14(2,3)13(18)17-9-11-6-5-10(8-16)7-12(11)15/h5-7H,4,9H2,1-3H3,(H,17,18). The van der Waals surface area contributed by atoms with E-state index in [4.69, 9.17) is 5.26 Å². The normalized spacial score (nSPS) is 10.8. The number of hydrogen-bond acceptors (Lipinski definition) is 2. The zero-order valence-corrected chi connectivity index (χ0v) is 10.9. The van der Waals surface area contributed by atoms with Gasteiger partial charge < -0.3 is 5.32 Å². The number of rotatable bonds is 4. The highest BCUT2D eigenvalue weighted by molar-refractivity contribution is 5.81. The van der Waals surface area contributed by atoms with Gasteiger partial charge in [-0.1, -0.05) is 26.8 Å². The molecule has 0 atom stereocenters. The number of benzene rings is 1. The molecule has 0 saturated carbocycles. The maximum atomic E-state index is 13.6. The van der Waals surface area contributed by atoms with Crippen LogP contribution in [0.1, 0.15) is 38.3 Å². The Labute approximate surface area is 107 Å². The van der Waals surface area contributed by atoms with Crippen LogP contribution in [0.2, 0.25) is 0 Å². The molecule has 0 aliphatic heterocycles. The minimum Gasteiger partial charge on any atom is -0.351 e. The van der Waals surface area contributed by atoms with Crippen molar-refractivity contribution in [1.29, 1.82) is 5.26 Å². The molecule has 1 aromatic carbocycles. The summed E-state index contributed by atoms with van der Waals surface area (Å²) in [6.45, 7) is 5.76. The van der Waals surface area contributed by atoms with Gasteiger partial charge in [-0.15, -0.1) is 0 Å². The summed E-state index contributed by atoms with van der Waals surface area (Å²) in [7, 11) is 0. The van der Waals surface area contributed by atoms with E-state index in [-0.39, 0.29) is 18.0 Å². The first-order valence-electron chi connectivity index (χ1n) is 5.87. The Morgan fingerprint density at radius 2 is 2.17 bits per heavy atom. The Balaban J connectivity index is 2.71. The molecule has 0 unspecified atom stereocenters. The number of carbonyl (C=O) groups is 1. The van der Waals surface area contributed by atoms with Gasteiger partial charge in [0.05, 0.1) is 11.6 Å². The molecule has 0 heterocycles. The van der Waals surface area contributed by atoms with Gasteiger partial charge in [0.1, 0.15) is 5.82 Å². The summed E-state index contributed by atoms with van der Waals surface area (Å²) < 4.78 is 13.6. The Bertz CT molecular complexity index is 489. The summed E-state index contributed by atoms with van der Waals surface area (Å²) in [4.78, 5) is 11.8. The van der Waals surface area contributed by atoms with Gasteiger partial charge in [0, 0.05) is 17.5 Å². The van der Waals surface area contributed by atoms with E-state index < -0.39 is 11.2 Å². The Morgan fingerprint density at radius 1 is 1.50 bits per heavy atom. The first-order chi connectivity index (χ1) is 8.40. The van der Waals surface area contributed by atoms with Crippen molar-refractivity contribution in [2.24, 2.45) is 5.41 Å². The highest BCUT2D eigenvalue weighted by atomic mass is 19.1. The largest absolute Gasteiger partial charge is 0.351 e. The van der Waals surface area contributed by atoms with Crippen molar-refractivity contribution >= 4 is 5.91 Å². The number of halogens is 1. The van der Waals surface area contributed by atoms with Crippen molar-refractivity contribution in [2.75, 3.05) is 0 Å². The van der Waals surface area contributed by atoms with E-state index in [9.17, 15) is 9.18 Å². The smallest absolute Gasteiger partial charge is 0.225 e. The molecule has 0 fully saturated rings. The molecular formula is C14H17FN2O.